The molecule has 2 heterocycles. The first-order valence-electron chi connectivity index (χ1n) is 6.72. The molecule has 1 aliphatic rings. The fraction of sp³-hybridized carbons (Fsp3) is 0.462. The number of carbonyl (C=O) groups excluding carboxylic acids is 2. The third-order valence-electron chi connectivity index (χ3n) is 3.10. The molecule has 0 radical (unpaired) electrons. The maximum Gasteiger partial charge on any atom is 0.334 e. The Morgan fingerprint density at radius 1 is 1.36 bits per heavy atom. The molecule has 9 nitrogen and oxygen atoms in total. The summed E-state index contributed by atoms with van der Waals surface area (Å²) in [4.78, 5) is 35.7. The lowest BCUT2D eigenvalue weighted by atomic mass is 10.2. The third kappa shape index (κ3) is 4.48. The highest BCUT2D eigenvalue weighted by molar-refractivity contribution is 5.84. The molecule has 1 aromatic rings. The Labute approximate surface area is 126 Å². The molecular weight excluding hydrogens is 294 g/mol. The molecule has 3 amide bonds. The zero-order chi connectivity index (χ0) is 15.9. The van der Waals surface area contributed by atoms with Crippen LogP contribution in [0.5, 0.6) is 0 Å². The van der Waals surface area contributed by atoms with Crippen molar-refractivity contribution in [2.24, 2.45) is 0 Å². The van der Waals surface area contributed by atoms with E-state index in [9.17, 15) is 14.4 Å². The molecule has 1 fully saturated rings. The topological polar surface area (TPSA) is 121 Å². The molecular formula is C13H17N3O6. The molecule has 120 valence electrons. The zero-order valence-electron chi connectivity index (χ0n) is 11.8. The van der Waals surface area contributed by atoms with Crippen LogP contribution in [0.25, 0.3) is 0 Å². The first kappa shape index (κ1) is 15.8. The molecule has 0 aliphatic carbocycles. The highest BCUT2D eigenvalue weighted by Crippen LogP contribution is 2.05. The van der Waals surface area contributed by atoms with Crippen molar-refractivity contribution in [2.45, 2.75) is 12.6 Å². The summed E-state index contributed by atoms with van der Waals surface area (Å²) in [5.74, 6) is -0.872. The van der Waals surface area contributed by atoms with E-state index in [0.29, 0.717) is 12.3 Å². The molecule has 0 spiro atoms. The summed E-state index contributed by atoms with van der Waals surface area (Å²) in [6.07, 6.45) is 0.473. The highest BCUT2D eigenvalue weighted by atomic mass is 16.5. The van der Waals surface area contributed by atoms with E-state index >= 15 is 0 Å². The van der Waals surface area contributed by atoms with E-state index in [0.717, 1.165) is 0 Å². The van der Waals surface area contributed by atoms with Gasteiger partial charge in [-0.15, -0.1) is 0 Å². The number of urea groups is 1. The van der Waals surface area contributed by atoms with Crippen LogP contribution in [0.3, 0.4) is 0 Å². The van der Waals surface area contributed by atoms with Gasteiger partial charge in [-0.05, 0) is 12.1 Å². The number of ether oxygens (including phenoxy) is 1. The van der Waals surface area contributed by atoms with Gasteiger partial charge in [0.2, 0.25) is 5.91 Å². The quantitative estimate of drug-likeness (QED) is 0.667. The summed E-state index contributed by atoms with van der Waals surface area (Å²) in [5.41, 5.74) is 0. The Bertz CT molecular complexity index is 530. The highest BCUT2D eigenvalue weighted by Gasteiger charge is 2.28. The lowest BCUT2D eigenvalue weighted by Gasteiger charge is -2.30. The first-order chi connectivity index (χ1) is 10.6. The maximum absolute atomic E-state index is 11.9. The molecule has 1 atom stereocenters. The van der Waals surface area contributed by atoms with E-state index in [1.54, 1.807) is 12.1 Å². The van der Waals surface area contributed by atoms with Crippen LogP contribution in [0.1, 0.15) is 5.76 Å². The molecule has 1 unspecified atom stereocenters. The normalized spacial score (nSPS) is 17.8. The van der Waals surface area contributed by atoms with Crippen molar-refractivity contribution in [1.29, 1.82) is 0 Å². The van der Waals surface area contributed by atoms with Crippen molar-refractivity contribution in [3.8, 4) is 0 Å². The number of morpholine rings is 1. The van der Waals surface area contributed by atoms with Crippen molar-refractivity contribution >= 4 is 17.9 Å². The standard InChI is InChI=1S/C13H17N3O6/c17-11(16-3-5-22-10(8-16)12(18)19)7-15-13(20)14-6-9-2-1-4-21-9/h1-2,4,10H,3,5-8H2,(H,18,19)(H2,14,15,20). The van der Waals surface area contributed by atoms with E-state index in [-0.39, 0.29) is 32.1 Å². The molecule has 1 aromatic heterocycles. The lowest BCUT2D eigenvalue weighted by molar-refractivity contribution is -0.159. The third-order valence-corrected chi connectivity index (χ3v) is 3.10. The summed E-state index contributed by atoms with van der Waals surface area (Å²) in [6.45, 7) is 0.442. The fourth-order valence-corrected chi connectivity index (χ4v) is 1.94. The minimum atomic E-state index is -1.11. The van der Waals surface area contributed by atoms with Gasteiger partial charge in [0, 0.05) is 6.54 Å². The Morgan fingerprint density at radius 2 is 2.18 bits per heavy atom. The van der Waals surface area contributed by atoms with Crippen molar-refractivity contribution in [1.82, 2.24) is 15.5 Å². The van der Waals surface area contributed by atoms with Gasteiger partial charge >= 0.3 is 12.0 Å². The molecule has 9 heteroatoms. The monoisotopic (exact) mass is 311 g/mol. The van der Waals surface area contributed by atoms with Gasteiger partial charge in [0.05, 0.1) is 32.5 Å². The van der Waals surface area contributed by atoms with Crippen LogP contribution in [-0.4, -0.2) is 60.3 Å². The van der Waals surface area contributed by atoms with Crippen LogP contribution in [0, 0.1) is 0 Å². The molecule has 22 heavy (non-hydrogen) atoms. The molecule has 3 N–H and O–H groups in total. The minimum Gasteiger partial charge on any atom is -0.479 e. The molecule has 2 rings (SSSR count). The molecule has 1 saturated heterocycles. The average Bonchev–Trinajstić information content (AvgIpc) is 3.04. The summed E-state index contributed by atoms with van der Waals surface area (Å²) < 4.78 is 10.1. The van der Waals surface area contributed by atoms with Gasteiger partial charge < -0.3 is 29.8 Å². The van der Waals surface area contributed by atoms with Crippen molar-refractivity contribution in [3.63, 3.8) is 0 Å². The van der Waals surface area contributed by atoms with Gasteiger partial charge in [0.1, 0.15) is 5.76 Å². The molecule has 0 saturated carbocycles. The Balaban J connectivity index is 1.70. The number of hydrogen-bond acceptors (Lipinski definition) is 5. The smallest absolute Gasteiger partial charge is 0.334 e. The van der Waals surface area contributed by atoms with Crippen molar-refractivity contribution < 1.29 is 28.6 Å². The minimum absolute atomic E-state index is 0.0239. The van der Waals surface area contributed by atoms with Gasteiger partial charge in [-0.1, -0.05) is 0 Å². The number of carboxylic acid groups (broad SMARTS) is 1. The zero-order valence-corrected chi connectivity index (χ0v) is 11.8. The van der Waals surface area contributed by atoms with Crippen molar-refractivity contribution in [3.05, 3.63) is 24.2 Å². The van der Waals surface area contributed by atoms with Gasteiger partial charge in [-0.3, -0.25) is 4.79 Å². The number of nitrogens with zero attached hydrogens (tertiary/aromatic N) is 1. The molecule has 1 aliphatic heterocycles. The number of aliphatic carboxylic acids is 1. The predicted octanol–water partition coefficient (Wildman–Crippen LogP) is -0.609. The lowest BCUT2D eigenvalue weighted by Crippen LogP contribution is -2.51. The fourth-order valence-electron chi connectivity index (χ4n) is 1.94. The number of rotatable bonds is 5. The summed E-state index contributed by atoms with van der Waals surface area (Å²) in [6, 6.07) is 2.91. The van der Waals surface area contributed by atoms with E-state index in [1.165, 1.54) is 11.2 Å². The van der Waals surface area contributed by atoms with Gasteiger partial charge in [0.25, 0.3) is 0 Å². The Kier molecular flexibility index (Phi) is 5.37. The second-order valence-electron chi connectivity index (χ2n) is 4.65. The molecule has 0 aromatic carbocycles. The second kappa shape index (κ2) is 7.46. The SMILES string of the molecule is O=C(NCC(=O)N1CCOC(C(=O)O)C1)NCc1ccco1. The number of amides is 3. The van der Waals surface area contributed by atoms with Gasteiger partial charge in [-0.2, -0.15) is 0 Å². The Morgan fingerprint density at radius 3 is 2.86 bits per heavy atom. The average molecular weight is 311 g/mol. The number of hydrogen-bond donors (Lipinski definition) is 3. The van der Waals surface area contributed by atoms with Gasteiger partial charge in [0.15, 0.2) is 6.10 Å². The summed E-state index contributed by atoms with van der Waals surface area (Å²) in [7, 11) is 0. The number of furan rings is 1. The maximum atomic E-state index is 11.9. The van der Waals surface area contributed by atoms with E-state index < -0.39 is 18.1 Å². The van der Waals surface area contributed by atoms with Gasteiger partial charge in [-0.25, -0.2) is 9.59 Å². The summed E-state index contributed by atoms with van der Waals surface area (Å²) in [5, 5.41) is 13.8. The predicted molar refractivity (Wildman–Crippen MR) is 72.9 cm³/mol. The molecule has 0 bridgehead atoms. The summed E-state index contributed by atoms with van der Waals surface area (Å²) >= 11 is 0. The van der Waals surface area contributed by atoms with Crippen molar-refractivity contribution in [2.75, 3.05) is 26.2 Å². The van der Waals surface area contributed by atoms with Crippen LogP contribution in [-0.2, 0) is 20.9 Å². The van der Waals surface area contributed by atoms with Crippen LogP contribution >= 0.6 is 0 Å². The number of carbonyl (C=O) groups is 3. The van der Waals surface area contributed by atoms with Crippen LogP contribution in [0.2, 0.25) is 0 Å². The Hall–Kier alpha value is -2.55. The first-order valence-corrected chi connectivity index (χ1v) is 6.72. The van der Waals surface area contributed by atoms with E-state index in [4.69, 9.17) is 14.3 Å². The van der Waals surface area contributed by atoms with E-state index in [1.807, 2.05) is 0 Å². The number of carboxylic acids is 1. The van der Waals surface area contributed by atoms with E-state index in [2.05, 4.69) is 10.6 Å². The second-order valence-corrected chi connectivity index (χ2v) is 4.65. The largest absolute Gasteiger partial charge is 0.479 e. The number of nitrogens with one attached hydrogen (secondary N) is 2. The van der Waals surface area contributed by atoms with Crippen LogP contribution in [0.15, 0.2) is 22.8 Å². The van der Waals surface area contributed by atoms with Crippen LogP contribution < -0.4 is 10.6 Å². The van der Waals surface area contributed by atoms with Crippen LogP contribution in [0.4, 0.5) is 4.79 Å².